The first-order chi connectivity index (χ1) is 7.02. The molecule has 0 aliphatic heterocycles. The Bertz CT molecular complexity index is 383. The molecule has 10 heteroatoms. The normalized spacial score (nSPS) is 7.65. The van der Waals surface area contributed by atoms with Gasteiger partial charge in [0.25, 0.3) is 5.69 Å². The number of quaternary nitrogens is 1. The number of carboxylic acids is 1. The van der Waals surface area contributed by atoms with Crippen molar-refractivity contribution in [3.05, 3.63) is 33.9 Å². The lowest BCUT2D eigenvalue weighted by atomic mass is 10.1. The van der Waals surface area contributed by atoms with Crippen molar-refractivity contribution in [1.82, 2.24) is 0 Å². The number of hydrogen-bond donors (Lipinski definition) is 3. The van der Waals surface area contributed by atoms with Crippen molar-refractivity contribution < 1.29 is 31.6 Å². The molecular weight excluding hydrogens is 236 g/mol. The van der Waals surface area contributed by atoms with Gasteiger partial charge in [0.1, 0.15) is 0 Å². The summed E-state index contributed by atoms with van der Waals surface area (Å²) in [5, 5.41) is 20.6. The number of nitrogen functional groups attached to an aromatic ring is 1. The molecule has 0 unspecified atom stereocenters. The molecule has 0 amide bonds. The number of nitro benzene ring substituents is 1. The Morgan fingerprint density at radius 3 is 2.06 bits per heavy atom. The Kier molecular flexibility index (Phi) is 10.7. The van der Waals surface area contributed by atoms with Crippen molar-refractivity contribution in [2.45, 2.75) is 0 Å². The zero-order valence-electron chi connectivity index (χ0n) is 8.67. The standard InChI is InChI=1S/C7H6N2O4.H4N2.2H2O/c8-6-3-4(9(12)13)1-2-5(6)7(10)11;1-2;;/h1-3H,8H2,(H,10,11);1-2H2;2*1H2. The summed E-state index contributed by atoms with van der Waals surface area (Å²) in [7, 11) is 0. The number of rotatable bonds is 2. The first kappa shape index (κ1) is 20.2. The molecule has 0 atom stereocenters. The Balaban J connectivity index is -0.000000464. The lowest BCUT2D eigenvalue weighted by molar-refractivity contribution is -0.384. The van der Waals surface area contributed by atoms with Crippen LogP contribution in [0.2, 0.25) is 0 Å². The first-order valence-corrected chi connectivity index (χ1v) is 3.68. The van der Waals surface area contributed by atoms with Crippen LogP contribution in [0.25, 0.3) is 0 Å². The molecule has 1 aromatic carbocycles. The number of carbonyl (C=O) groups is 1. The molecule has 0 aromatic heterocycles. The van der Waals surface area contributed by atoms with E-state index in [0.717, 1.165) is 18.2 Å². The fraction of sp³-hybridized carbons (Fsp3) is 0. The number of anilines is 1. The Hall–Kier alpha value is -2.27. The molecule has 0 bridgehead atoms. The molecule has 1 aromatic rings. The summed E-state index contributed by atoms with van der Waals surface area (Å²) in [5.41, 5.74) is 4.57. The van der Waals surface area contributed by atoms with Gasteiger partial charge in [0, 0.05) is 23.4 Å². The number of carbonyl (C=O) groups excluding carboxylic acids is 1. The van der Waals surface area contributed by atoms with Gasteiger partial charge >= 0.3 is 0 Å². The second-order valence-electron chi connectivity index (χ2n) is 2.32. The highest BCUT2D eigenvalue weighted by Gasteiger charge is 2.08. The van der Waals surface area contributed by atoms with E-state index in [1.54, 1.807) is 0 Å². The van der Waals surface area contributed by atoms with Crippen molar-refractivity contribution in [3.63, 3.8) is 0 Å². The molecule has 10 nitrogen and oxygen atoms in total. The quantitative estimate of drug-likeness (QED) is 0.205. The van der Waals surface area contributed by atoms with Crippen LogP contribution in [0.4, 0.5) is 11.4 Å². The summed E-state index contributed by atoms with van der Waals surface area (Å²) in [4.78, 5) is 19.9. The van der Waals surface area contributed by atoms with E-state index in [0.29, 0.717) is 0 Å². The highest BCUT2D eigenvalue weighted by Crippen LogP contribution is 2.18. The number of nitrogens with zero attached hydrogens (tertiary/aromatic N) is 1. The summed E-state index contributed by atoms with van der Waals surface area (Å²) >= 11 is 0. The van der Waals surface area contributed by atoms with Gasteiger partial charge < -0.3 is 26.6 Å². The molecule has 11 N–H and O–H groups in total. The minimum absolute atomic E-state index is 0. The zero-order chi connectivity index (χ0) is 12.0. The molecule has 0 aliphatic carbocycles. The van der Waals surface area contributed by atoms with Gasteiger partial charge in [-0.1, -0.05) is 0 Å². The molecule has 0 radical (unpaired) electrons. The molecule has 0 spiro atoms. The number of non-ortho nitro benzene ring substituents is 1. The summed E-state index contributed by atoms with van der Waals surface area (Å²) in [6, 6.07) is 3.08. The minimum atomic E-state index is -1.45. The Morgan fingerprint density at radius 2 is 1.76 bits per heavy atom. The van der Waals surface area contributed by atoms with Crippen molar-refractivity contribution in [3.8, 4) is 0 Å². The van der Waals surface area contributed by atoms with E-state index >= 15 is 0 Å². The van der Waals surface area contributed by atoms with Gasteiger partial charge in [-0.15, -0.1) is 0 Å². The first-order valence-electron chi connectivity index (χ1n) is 3.68. The van der Waals surface area contributed by atoms with Crippen LogP contribution in [0.3, 0.4) is 0 Å². The van der Waals surface area contributed by atoms with Crippen LogP contribution >= 0.6 is 0 Å². The van der Waals surface area contributed by atoms with Gasteiger partial charge in [0.15, 0.2) is 0 Å². The van der Waals surface area contributed by atoms with Gasteiger partial charge in [-0.25, -0.2) is 0 Å². The second-order valence-corrected chi connectivity index (χ2v) is 2.32. The summed E-state index contributed by atoms with van der Waals surface area (Å²) in [5.74, 6) is 5.55. The predicted molar refractivity (Wildman–Crippen MR) is 56.1 cm³/mol. The third-order valence-corrected chi connectivity index (χ3v) is 1.47. The van der Waals surface area contributed by atoms with Gasteiger partial charge in [-0.05, 0) is 6.07 Å². The maximum absolute atomic E-state index is 10.3. The van der Waals surface area contributed by atoms with Gasteiger partial charge in [-0.2, -0.15) is 5.84 Å². The van der Waals surface area contributed by atoms with Crippen molar-refractivity contribution in [2.24, 2.45) is 5.84 Å². The topological polar surface area (TPSA) is 226 Å². The zero-order valence-corrected chi connectivity index (χ0v) is 8.67. The van der Waals surface area contributed by atoms with E-state index in [2.05, 4.69) is 11.7 Å². The highest BCUT2D eigenvalue weighted by atomic mass is 16.6. The molecule has 0 saturated carbocycles. The minimum Gasteiger partial charge on any atom is -0.545 e. The second kappa shape index (κ2) is 8.99. The van der Waals surface area contributed by atoms with E-state index in [9.17, 15) is 20.0 Å². The van der Waals surface area contributed by atoms with Crippen LogP contribution in [-0.2, 0) is 0 Å². The van der Waals surface area contributed by atoms with E-state index in [4.69, 9.17) is 5.73 Å². The highest BCUT2D eigenvalue weighted by molar-refractivity contribution is 5.92. The van der Waals surface area contributed by atoms with Crippen molar-refractivity contribution >= 4 is 17.3 Å². The smallest absolute Gasteiger partial charge is 0.271 e. The molecule has 98 valence electrons. The van der Waals surface area contributed by atoms with E-state index < -0.39 is 10.9 Å². The summed E-state index contributed by atoms with van der Waals surface area (Å²) in [6.07, 6.45) is 0. The Labute approximate surface area is 95.4 Å². The lowest BCUT2D eigenvalue weighted by Crippen LogP contribution is -2.59. The average molecular weight is 250 g/mol. The van der Waals surface area contributed by atoms with Crippen LogP contribution < -0.4 is 22.5 Å². The van der Waals surface area contributed by atoms with Crippen molar-refractivity contribution in [1.29, 1.82) is 0 Å². The number of aromatic carboxylic acids is 1. The van der Waals surface area contributed by atoms with Gasteiger partial charge in [0.05, 0.1) is 10.9 Å². The van der Waals surface area contributed by atoms with Crippen LogP contribution in [0, 0.1) is 10.1 Å². The molecule has 0 fully saturated rings. The predicted octanol–water partition coefficient (Wildman–Crippen LogP) is -4.01. The van der Waals surface area contributed by atoms with Crippen LogP contribution in [-0.4, -0.2) is 21.8 Å². The molecule has 0 heterocycles. The van der Waals surface area contributed by atoms with E-state index in [-0.39, 0.29) is 27.9 Å². The maximum atomic E-state index is 10.3. The number of carboxylic acid groups (broad SMARTS) is 1. The van der Waals surface area contributed by atoms with Crippen molar-refractivity contribution in [2.75, 3.05) is 5.73 Å². The van der Waals surface area contributed by atoms with E-state index in [1.807, 2.05) is 0 Å². The van der Waals surface area contributed by atoms with Crippen LogP contribution in [0.15, 0.2) is 18.2 Å². The number of nitro groups is 1. The number of nitrogens with two attached hydrogens (primary N) is 2. The summed E-state index contributed by atoms with van der Waals surface area (Å²) < 4.78 is 0. The molecule has 1 rings (SSSR count). The molecule has 0 saturated heterocycles. The molecular formula is C7H14N4O6. The SMILES string of the molecule is N[NH3+].Nc1cc([N+](=O)[O-])ccc1C(=O)[O-].O.O. The largest absolute Gasteiger partial charge is 0.545 e. The van der Waals surface area contributed by atoms with Crippen LogP contribution in [0.5, 0.6) is 0 Å². The van der Waals surface area contributed by atoms with Gasteiger partial charge in [0.2, 0.25) is 0 Å². The number of benzene rings is 1. The summed E-state index contributed by atoms with van der Waals surface area (Å²) in [6.45, 7) is 0. The average Bonchev–Trinajstić information content (AvgIpc) is 2.20. The third kappa shape index (κ3) is 5.39. The molecule has 17 heavy (non-hydrogen) atoms. The van der Waals surface area contributed by atoms with E-state index in [1.165, 1.54) is 0 Å². The maximum Gasteiger partial charge on any atom is 0.271 e. The molecule has 0 aliphatic rings. The fourth-order valence-electron chi connectivity index (χ4n) is 0.850. The third-order valence-electron chi connectivity index (χ3n) is 1.47. The Morgan fingerprint density at radius 1 is 1.29 bits per heavy atom. The van der Waals surface area contributed by atoms with Gasteiger partial charge in [-0.3, -0.25) is 16.0 Å². The fourth-order valence-corrected chi connectivity index (χ4v) is 0.850. The number of hydrogen-bond acceptors (Lipinski definition) is 6. The lowest BCUT2D eigenvalue weighted by Gasteiger charge is -2.04. The van der Waals surface area contributed by atoms with Crippen LogP contribution in [0.1, 0.15) is 10.4 Å². The monoisotopic (exact) mass is 250 g/mol.